The Morgan fingerprint density at radius 1 is 1.35 bits per heavy atom. The summed E-state index contributed by atoms with van der Waals surface area (Å²) in [6.45, 7) is 0.488. The zero-order valence-corrected chi connectivity index (χ0v) is 10.5. The van der Waals surface area contributed by atoms with E-state index in [-0.39, 0.29) is 10.2 Å². The third-order valence-electron chi connectivity index (χ3n) is 2.20. The van der Waals surface area contributed by atoms with Gasteiger partial charge in [0.2, 0.25) is 0 Å². The number of hydrogen-bond acceptors (Lipinski definition) is 3. The molecule has 2 rings (SSSR count). The summed E-state index contributed by atoms with van der Waals surface area (Å²) in [5.41, 5.74) is 0.839. The van der Waals surface area contributed by atoms with Crippen LogP contribution in [0, 0.1) is 11.6 Å². The van der Waals surface area contributed by atoms with Crippen molar-refractivity contribution in [2.75, 3.05) is 7.05 Å². The maximum atomic E-state index is 13.6. The molecule has 0 bridgehead atoms. The number of nitrogens with zero attached hydrogens (tertiary/aromatic N) is 3. The molecule has 4 nitrogen and oxygen atoms in total. The average Bonchev–Trinajstić information content (AvgIpc) is 2.72. The fraction of sp³-hybridized carbons (Fsp3) is 0.200. The summed E-state index contributed by atoms with van der Waals surface area (Å²) in [5.74, 6) is -1.34. The van der Waals surface area contributed by atoms with Crippen LogP contribution in [-0.2, 0) is 6.54 Å². The molecule has 0 unspecified atom stereocenters. The van der Waals surface area contributed by atoms with Crippen molar-refractivity contribution in [3.05, 3.63) is 40.1 Å². The van der Waals surface area contributed by atoms with Crippen molar-refractivity contribution in [1.29, 1.82) is 0 Å². The van der Waals surface area contributed by atoms with Gasteiger partial charge in [0.15, 0.2) is 5.82 Å². The summed E-state index contributed by atoms with van der Waals surface area (Å²) >= 11 is 3.01. The second-order valence-corrected chi connectivity index (χ2v) is 4.24. The van der Waals surface area contributed by atoms with Crippen molar-refractivity contribution < 1.29 is 8.78 Å². The molecule has 1 heterocycles. The van der Waals surface area contributed by atoms with Gasteiger partial charge >= 0.3 is 0 Å². The van der Waals surface area contributed by atoms with Crippen molar-refractivity contribution in [3.63, 3.8) is 0 Å². The monoisotopic (exact) mass is 302 g/mol. The predicted octanol–water partition coefficient (Wildman–Crippen LogP) is 2.03. The highest BCUT2D eigenvalue weighted by atomic mass is 79.9. The minimum Gasteiger partial charge on any atom is -0.314 e. The molecular weight excluding hydrogens is 294 g/mol. The minimum atomic E-state index is -0.687. The van der Waals surface area contributed by atoms with Crippen molar-refractivity contribution in [3.8, 4) is 5.69 Å². The van der Waals surface area contributed by atoms with Gasteiger partial charge in [-0.3, -0.25) is 0 Å². The molecule has 0 fully saturated rings. The van der Waals surface area contributed by atoms with E-state index in [1.165, 1.54) is 16.9 Å². The number of aromatic nitrogens is 3. The lowest BCUT2D eigenvalue weighted by Gasteiger charge is -2.07. The molecule has 90 valence electrons. The molecule has 0 atom stereocenters. The van der Waals surface area contributed by atoms with Gasteiger partial charge in [-0.05, 0) is 29.0 Å². The molecule has 0 radical (unpaired) electrons. The first-order valence-electron chi connectivity index (χ1n) is 4.82. The van der Waals surface area contributed by atoms with Crippen LogP contribution < -0.4 is 5.32 Å². The van der Waals surface area contributed by atoms with Crippen LogP contribution in [0.4, 0.5) is 8.78 Å². The quantitative estimate of drug-likeness (QED) is 0.882. The van der Waals surface area contributed by atoms with Gasteiger partial charge < -0.3 is 5.32 Å². The molecule has 0 saturated carbocycles. The first-order valence-corrected chi connectivity index (χ1v) is 5.62. The van der Waals surface area contributed by atoms with Gasteiger partial charge in [-0.1, -0.05) is 5.21 Å². The first-order chi connectivity index (χ1) is 8.13. The standard InChI is InChI=1S/C10H9BrF2N4/c1-14-4-6-5-15-16-17(6)10-2-7(11)8(12)3-9(10)13/h2-3,5,14H,4H2,1H3. The maximum Gasteiger partial charge on any atom is 0.151 e. The van der Waals surface area contributed by atoms with Gasteiger partial charge in [0, 0.05) is 12.6 Å². The largest absolute Gasteiger partial charge is 0.314 e. The first kappa shape index (κ1) is 12.1. The van der Waals surface area contributed by atoms with E-state index in [9.17, 15) is 8.78 Å². The average molecular weight is 303 g/mol. The van der Waals surface area contributed by atoms with Gasteiger partial charge in [0.1, 0.15) is 11.5 Å². The molecule has 0 amide bonds. The van der Waals surface area contributed by atoms with E-state index in [4.69, 9.17) is 0 Å². The highest BCUT2D eigenvalue weighted by Crippen LogP contribution is 2.23. The zero-order chi connectivity index (χ0) is 12.4. The Balaban J connectivity index is 2.52. The minimum absolute atomic E-state index is 0.154. The molecule has 1 aromatic heterocycles. The molecule has 0 aliphatic carbocycles. The lowest BCUT2D eigenvalue weighted by Crippen LogP contribution is -2.12. The van der Waals surface area contributed by atoms with E-state index < -0.39 is 11.6 Å². The van der Waals surface area contributed by atoms with E-state index in [1.807, 2.05) is 0 Å². The smallest absolute Gasteiger partial charge is 0.151 e. The molecule has 2 aromatic rings. The van der Waals surface area contributed by atoms with Gasteiger partial charge in [-0.25, -0.2) is 13.5 Å². The van der Waals surface area contributed by atoms with Gasteiger partial charge in [0.25, 0.3) is 0 Å². The van der Waals surface area contributed by atoms with Crippen LogP contribution in [0.5, 0.6) is 0 Å². The SMILES string of the molecule is CNCc1cnnn1-c1cc(Br)c(F)cc1F. The number of benzene rings is 1. The second kappa shape index (κ2) is 4.89. The lowest BCUT2D eigenvalue weighted by atomic mass is 10.3. The third kappa shape index (κ3) is 2.34. The van der Waals surface area contributed by atoms with E-state index in [0.717, 1.165) is 6.07 Å². The predicted molar refractivity (Wildman–Crippen MR) is 61.7 cm³/mol. The Morgan fingerprint density at radius 2 is 2.12 bits per heavy atom. The fourth-order valence-electron chi connectivity index (χ4n) is 1.44. The van der Waals surface area contributed by atoms with Gasteiger partial charge in [0.05, 0.1) is 16.4 Å². The number of halogens is 3. The third-order valence-corrected chi connectivity index (χ3v) is 2.80. The Hall–Kier alpha value is -1.34. The summed E-state index contributed by atoms with van der Waals surface area (Å²) in [7, 11) is 1.76. The maximum absolute atomic E-state index is 13.6. The number of rotatable bonds is 3. The van der Waals surface area contributed by atoms with Crippen LogP contribution in [0.2, 0.25) is 0 Å². The topological polar surface area (TPSA) is 42.7 Å². The Bertz CT molecular complexity index is 541. The summed E-state index contributed by atoms with van der Waals surface area (Å²) in [6, 6.07) is 2.14. The van der Waals surface area contributed by atoms with Crippen molar-refractivity contribution in [1.82, 2.24) is 20.3 Å². The van der Waals surface area contributed by atoms with E-state index >= 15 is 0 Å². The van der Waals surface area contributed by atoms with Crippen LogP contribution in [0.15, 0.2) is 22.8 Å². The normalized spacial score (nSPS) is 10.8. The molecule has 17 heavy (non-hydrogen) atoms. The second-order valence-electron chi connectivity index (χ2n) is 3.39. The van der Waals surface area contributed by atoms with Crippen molar-refractivity contribution in [2.24, 2.45) is 0 Å². The number of nitrogens with one attached hydrogen (secondary N) is 1. The Labute approximate surface area is 105 Å². The summed E-state index contributed by atoms with van der Waals surface area (Å²) in [6.07, 6.45) is 1.52. The molecule has 1 N–H and O–H groups in total. The van der Waals surface area contributed by atoms with Crippen LogP contribution in [0.25, 0.3) is 5.69 Å². The van der Waals surface area contributed by atoms with Crippen LogP contribution in [0.3, 0.4) is 0 Å². The van der Waals surface area contributed by atoms with E-state index in [2.05, 4.69) is 31.6 Å². The summed E-state index contributed by atoms with van der Waals surface area (Å²) in [5, 5.41) is 10.4. The van der Waals surface area contributed by atoms with Crippen LogP contribution in [-0.4, -0.2) is 22.0 Å². The van der Waals surface area contributed by atoms with Crippen molar-refractivity contribution in [2.45, 2.75) is 6.54 Å². The fourth-order valence-corrected chi connectivity index (χ4v) is 1.77. The highest BCUT2D eigenvalue weighted by molar-refractivity contribution is 9.10. The summed E-state index contributed by atoms with van der Waals surface area (Å²) in [4.78, 5) is 0. The molecular formula is C10H9BrF2N4. The zero-order valence-electron chi connectivity index (χ0n) is 8.91. The van der Waals surface area contributed by atoms with Crippen LogP contribution in [0.1, 0.15) is 5.69 Å². The Kier molecular flexibility index (Phi) is 3.49. The Morgan fingerprint density at radius 3 is 2.82 bits per heavy atom. The molecule has 0 spiro atoms. The van der Waals surface area contributed by atoms with Crippen molar-refractivity contribution >= 4 is 15.9 Å². The van der Waals surface area contributed by atoms with Gasteiger partial charge in [-0.15, -0.1) is 5.10 Å². The molecule has 0 aliphatic rings. The molecule has 0 aliphatic heterocycles. The molecule has 1 aromatic carbocycles. The summed E-state index contributed by atoms with van der Waals surface area (Å²) < 4.78 is 28.3. The molecule has 0 saturated heterocycles. The molecule has 7 heteroatoms. The lowest BCUT2D eigenvalue weighted by molar-refractivity contribution is 0.564. The van der Waals surface area contributed by atoms with Gasteiger partial charge in [-0.2, -0.15) is 0 Å². The highest BCUT2D eigenvalue weighted by Gasteiger charge is 2.13. The van der Waals surface area contributed by atoms with E-state index in [1.54, 1.807) is 7.05 Å². The number of hydrogen-bond donors (Lipinski definition) is 1. The van der Waals surface area contributed by atoms with Crippen LogP contribution >= 0.6 is 15.9 Å². The van der Waals surface area contributed by atoms with E-state index in [0.29, 0.717) is 12.2 Å².